The molecule has 0 spiro atoms. The minimum Gasteiger partial charge on any atom is -0.477 e. The molecule has 0 atom stereocenters. The maximum absolute atomic E-state index is 13.6. The van der Waals surface area contributed by atoms with Gasteiger partial charge in [-0.2, -0.15) is 13.2 Å². The van der Waals surface area contributed by atoms with E-state index in [0.717, 1.165) is 27.2 Å². The van der Waals surface area contributed by atoms with Crippen LogP contribution in [0.2, 0.25) is 5.02 Å². The SMILES string of the molecule is CN1c2ccc(-n3cc(C(=O)O)c(=O)n(Cc4cccc(Cl)c4C(F)(F)F)c3=O)cc2N(C)S1(O)O. The Morgan fingerprint density at radius 3 is 2.31 bits per heavy atom. The summed E-state index contributed by atoms with van der Waals surface area (Å²) in [5.74, 6) is -1.70. The van der Waals surface area contributed by atoms with Gasteiger partial charge in [0.1, 0.15) is 5.56 Å². The van der Waals surface area contributed by atoms with Gasteiger partial charge in [0.05, 0.1) is 34.2 Å². The minimum atomic E-state index is -4.90. The molecule has 0 saturated heterocycles. The lowest BCUT2D eigenvalue weighted by molar-refractivity contribution is -0.138. The molecule has 4 rings (SSSR count). The van der Waals surface area contributed by atoms with Crippen molar-refractivity contribution in [2.75, 3.05) is 22.7 Å². The largest absolute Gasteiger partial charge is 0.477 e. The van der Waals surface area contributed by atoms with Crippen LogP contribution in [0.15, 0.2) is 52.2 Å². The van der Waals surface area contributed by atoms with Crippen LogP contribution in [0.3, 0.4) is 0 Å². The first-order chi connectivity index (χ1) is 16.7. The van der Waals surface area contributed by atoms with E-state index in [1.165, 1.54) is 42.7 Å². The van der Waals surface area contributed by atoms with Gasteiger partial charge in [-0.05, 0) is 40.8 Å². The Hall–Kier alpha value is -3.46. The Bertz CT molecular complexity index is 1520. The fraction of sp³-hybridized carbons (Fsp3) is 0.190. The summed E-state index contributed by atoms with van der Waals surface area (Å²) in [6, 6.07) is 7.42. The highest BCUT2D eigenvalue weighted by molar-refractivity contribution is 8.26. The molecule has 1 aliphatic rings. The number of aromatic carboxylic acids is 1. The normalized spacial score (nSPS) is 15.7. The van der Waals surface area contributed by atoms with Gasteiger partial charge >= 0.3 is 17.8 Å². The van der Waals surface area contributed by atoms with E-state index >= 15 is 0 Å². The molecule has 0 saturated carbocycles. The molecule has 2 heterocycles. The third-order valence-corrected chi connectivity index (χ3v) is 7.94. The second-order valence-electron chi connectivity index (χ2n) is 7.82. The van der Waals surface area contributed by atoms with Gasteiger partial charge in [-0.1, -0.05) is 23.7 Å². The van der Waals surface area contributed by atoms with Crippen molar-refractivity contribution in [3.05, 3.63) is 85.1 Å². The summed E-state index contributed by atoms with van der Waals surface area (Å²) in [5.41, 5.74) is -4.32. The Kier molecular flexibility index (Phi) is 6.11. The highest BCUT2D eigenvalue weighted by Crippen LogP contribution is 2.59. The number of nitrogens with zero attached hydrogens (tertiary/aromatic N) is 4. The Morgan fingerprint density at radius 1 is 1.06 bits per heavy atom. The van der Waals surface area contributed by atoms with E-state index in [1.54, 1.807) is 0 Å². The van der Waals surface area contributed by atoms with Crippen LogP contribution in [-0.4, -0.2) is 43.4 Å². The Labute approximate surface area is 207 Å². The van der Waals surface area contributed by atoms with Gasteiger partial charge in [-0.25, -0.2) is 9.59 Å². The summed E-state index contributed by atoms with van der Waals surface area (Å²) >= 11 is 5.74. The molecule has 192 valence electrons. The van der Waals surface area contributed by atoms with Crippen LogP contribution in [0, 0.1) is 0 Å². The van der Waals surface area contributed by atoms with Crippen LogP contribution in [0.5, 0.6) is 0 Å². The van der Waals surface area contributed by atoms with Crippen molar-refractivity contribution in [2.45, 2.75) is 12.7 Å². The predicted molar refractivity (Wildman–Crippen MR) is 128 cm³/mol. The number of alkyl halides is 3. The first kappa shape index (κ1) is 25.6. The standard InChI is InChI=1S/C21H18ClF3N4O6S/c1-26-15-7-6-12(8-16(15)27(2)36(26,34)35)28-10-13(19(31)32)18(30)29(20(28)33)9-11-4-3-5-14(22)17(11)21(23,24)25/h3-8,10,34-35H,9H2,1-2H3,(H,31,32). The van der Waals surface area contributed by atoms with Crippen LogP contribution in [0.25, 0.3) is 5.69 Å². The fourth-order valence-electron chi connectivity index (χ4n) is 3.89. The number of hydrogen-bond donors (Lipinski definition) is 3. The number of aromatic nitrogens is 2. The maximum atomic E-state index is 13.6. The van der Waals surface area contributed by atoms with E-state index in [-0.39, 0.29) is 11.4 Å². The predicted octanol–water partition coefficient (Wildman–Crippen LogP) is 3.88. The van der Waals surface area contributed by atoms with E-state index in [4.69, 9.17) is 11.6 Å². The number of rotatable bonds is 4. The number of benzene rings is 2. The highest BCUT2D eigenvalue weighted by Gasteiger charge is 2.37. The lowest BCUT2D eigenvalue weighted by atomic mass is 10.1. The fourth-order valence-corrected chi connectivity index (χ4v) is 5.39. The molecule has 36 heavy (non-hydrogen) atoms. The number of hydrogen-bond acceptors (Lipinski definition) is 7. The van der Waals surface area contributed by atoms with Gasteiger partial charge in [0.2, 0.25) is 0 Å². The average molecular weight is 547 g/mol. The lowest BCUT2D eigenvalue weighted by Crippen LogP contribution is -2.42. The van der Waals surface area contributed by atoms with Crippen molar-refractivity contribution in [3.8, 4) is 5.69 Å². The van der Waals surface area contributed by atoms with Crippen molar-refractivity contribution < 1.29 is 32.2 Å². The molecule has 10 nitrogen and oxygen atoms in total. The monoisotopic (exact) mass is 546 g/mol. The number of fused-ring (bicyclic) bond motifs is 1. The quantitative estimate of drug-likeness (QED) is 0.450. The van der Waals surface area contributed by atoms with E-state index in [9.17, 15) is 41.8 Å². The van der Waals surface area contributed by atoms with E-state index in [0.29, 0.717) is 10.3 Å². The van der Waals surface area contributed by atoms with Crippen LogP contribution >= 0.6 is 22.6 Å². The molecule has 0 bridgehead atoms. The number of carboxylic acid groups (broad SMARTS) is 1. The summed E-state index contributed by atoms with van der Waals surface area (Å²) in [7, 11) is -0.527. The zero-order chi connectivity index (χ0) is 26.7. The van der Waals surface area contributed by atoms with Crippen LogP contribution < -0.4 is 19.9 Å². The van der Waals surface area contributed by atoms with Gasteiger partial charge < -0.3 is 5.11 Å². The summed E-state index contributed by atoms with van der Waals surface area (Å²) in [6.07, 6.45) is -4.13. The van der Waals surface area contributed by atoms with Gasteiger partial charge in [0.25, 0.3) is 5.56 Å². The lowest BCUT2D eigenvalue weighted by Gasteiger charge is -2.40. The minimum absolute atomic E-state index is 0.0366. The van der Waals surface area contributed by atoms with E-state index in [1.807, 2.05) is 0 Å². The number of carbonyl (C=O) groups is 1. The molecular weight excluding hydrogens is 529 g/mol. The van der Waals surface area contributed by atoms with Gasteiger partial charge in [-0.3, -0.25) is 31.6 Å². The molecule has 0 radical (unpaired) electrons. The van der Waals surface area contributed by atoms with Gasteiger partial charge in [0.15, 0.2) is 0 Å². The zero-order valence-electron chi connectivity index (χ0n) is 18.5. The zero-order valence-corrected chi connectivity index (χ0v) is 20.1. The Morgan fingerprint density at radius 2 is 1.69 bits per heavy atom. The second kappa shape index (κ2) is 8.58. The molecule has 3 aromatic rings. The molecule has 1 aromatic heterocycles. The molecule has 0 amide bonds. The summed E-state index contributed by atoms with van der Waals surface area (Å²) in [4.78, 5) is 37.9. The van der Waals surface area contributed by atoms with E-state index < -0.39 is 62.6 Å². The molecule has 2 aromatic carbocycles. The molecule has 0 aliphatic carbocycles. The second-order valence-corrected chi connectivity index (χ2v) is 10.3. The summed E-state index contributed by atoms with van der Waals surface area (Å²) < 4.78 is 65.1. The number of carboxylic acids is 1. The topological polar surface area (TPSA) is 128 Å². The number of anilines is 2. The average Bonchev–Trinajstić information content (AvgIpc) is 2.95. The molecular formula is C21H18ClF3N4O6S. The Balaban J connectivity index is 1.94. The first-order valence-corrected chi connectivity index (χ1v) is 11.8. The molecule has 1 aliphatic heterocycles. The maximum Gasteiger partial charge on any atom is 0.418 e. The van der Waals surface area contributed by atoms with Crippen LogP contribution in [0.4, 0.5) is 24.5 Å². The highest BCUT2D eigenvalue weighted by atomic mass is 35.5. The van der Waals surface area contributed by atoms with Crippen molar-refractivity contribution >= 4 is 39.9 Å². The third-order valence-electron chi connectivity index (χ3n) is 5.76. The van der Waals surface area contributed by atoms with Crippen LogP contribution in [-0.2, 0) is 12.7 Å². The van der Waals surface area contributed by atoms with Crippen molar-refractivity contribution in [1.82, 2.24) is 9.13 Å². The third kappa shape index (κ3) is 4.01. The summed E-state index contributed by atoms with van der Waals surface area (Å²) in [5, 5.41) is 8.89. The van der Waals surface area contributed by atoms with Gasteiger partial charge in [-0.15, -0.1) is 0 Å². The number of halogens is 4. The van der Waals surface area contributed by atoms with Gasteiger partial charge in [0, 0.05) is 20.3 Å². The molecule has 0 fully saturated rings. The van der Waals surface area contributed by atoms with E-state index in [2.05, 4.69) is 0 Å². The molecule has 3 N–H and O–H groups in total. The first-order valence-electron chi connectivity index (χ1n) is 10.0. The smallest absolute Gasteiger partial charge is 0.418 e. The summed E-state index contributed by atoms with van der Waals surface area (Å²) in [6.45, 7) is -0.900. The molecule has 15 heteroatoms. The van der Waals surface area contributed by atoms with Crippen molar-refractivity contribution in [2.24, 2.45) is 0 Å². The molecule has 0 unspecified atom stereocenters. The van der Waals surface area contributed by atoms with Crippen molar-refractivity contribution in [3.63, 3.8) is 0 Å². The van der Waals surface area contributed by atoms with Crippen molar-refractivity contribution in [1.29, 1.82) is 0 Å². The van der Waals surface area contributed by atoms with Crippen LogP contribution in [0.1, 0.15) is 21.5 Å².